The Morgan fingerprint density at radius 1 is 1.36 bits per heavy atom. The molecule has 0 saturated heterocycles. The molecular formula is C15H21BrN2O3S. The smallest absolute Gasteiger partial charge is 0.242 e. The molecule has 0 bridgehead atoms. The van der Waals surface area contributed by atoms with Crippen LogP contribution in [0.3, 0.4) is 0 Å². The Morgan fingerprint density at radius 3 is 2.55 bits per heavy atom. The lowest BCUT2D eigenvalue weighted by Crippen LogP contribution is -2.40. The van der Waals surface area contributed by atoms with Crippen LogP contribution < -0.4 is 9.62 Å². The second kappa shape index (κ2) is 5.94. The molecule has 0 unspecified atom stereocenters. The number of anilines is 1. The van der Waals surface area contributed by atoms with Gasteiger partial charge in [-0.1, -0.05) is 6.92 Å². The van der Waals surface area contributed by atoms with Crippen LogP contribution in [0.1, 0.15) is 39.7 Å². The van der Waals surface area contributed by atoms with E-state index in [4.69, 9.17) is 0 Å². The number of carbonyl (C=O) groups is 1. The van der Waals surface area contributed by atoms with Crippen LogP contribution in [0.2, 0.25) is 0 Å². The minimum absolute atomic E-state index is 0.00759. The fraction of sp³-hybridized carbons (Fsp3) is 0.533. The molecule has 0 atom stereocenters. The maximum atomic E-state index is 12.6. The number of nitrogens with zero attached hydrogens (tertiary/aromatic N) is 1. The zero-order chi connectivity index (χ0) is 16.7. The summed E-state index contributed by atoms with van der Waals surface area (Å²) in [5.74, 6) is 0.00759. The molecule has 0 fully saturated rings. The van der Waals surface area contributed by atoms with Gasteiger partial charge in [-0.3, -0.25) is 4.79 Å². The molecule has 1 amide bonds. The molecule has 1 heterocycles. The lowest BCUT2D eigenvalue weighted by atomic mass is 10.1. The molecule has 2 rings (SSSR count). The van der Waals surface area contributed by atoms with E-state index in [0.717, 1.165) is 12.0 Å². The van der Waals surface area contributed by atoms with Crippen molar-refractivity contribution in [3.8, 4) is 0 Å². The van der Waals surface area contributed by atoms with Crippen molar-refractivity contribution in [3.05, 3.63) is 22.2 Å². The Bertz CT molecular complexity index is 708. The average molecular weight is 389 g/mol. The van der Waals surface area contributed by atoms with Gasteiger partial charge < -0.3 is 4.90 Å². The van der Waals surface area contributed by atoms with Gasteiger partial charge in [-0.15, -0.1) is 0 Å². The molecule has 0 aliphatic carbocycles. The van der Waals surface area contributed by atoms with E-state index in [1.165, 1.54) is 0 Å². The molecule has 22 heavy (non-hydrogen) atoms. The van der Waals surface area contributed by atoms with Gasteiger partial charge in [0.15, 0.2) is 0 Å². The number of fused-ring (bicyclic) bond motifs is 1. The highest BCUT2D eigenvalue weighted by Crippen LogP contribution is 2.35. The summed E-state index contributed by atoms with van der Waals surface area (Å²) in [6.07, 6.45) is 1.14. The first-order valence-electron chi connectivity index (χ1n) is 7.22. The van der Waals surface area contributed by atoms with E-state index in [0.29, 0.717) is 23.1 Å². The fourth-order valence-corrected chi connectivity index (χ4v) is 5.03. The number of hydrogen-bond donors (Lipinski definition) is 1. The summed E-state index contributed by atoms with van der Waals surface area (Å²) < 4.78 is 28.3. The average Bonchev–Trinajstić information content (AvgIpc) is 2.76. The predicted octanol–water partition coefficient (Wildman–Crippen LogP) is 2.83. The van der Waals surface area contributed by atoms with Crippen molar-refractivity contribution in [1.29, 1.82) is 0 Å². The normalized spacial score (nSPS) is 15.0. The highest BCUT2D eigenvalue weighted by Gasteiger charge is 2.30. The zero-order valence-corrected chi connectivity index (χ0v) is 15.6. The summed E-state index contributed by atoms with van der Waals surface area (Å²) in [7, 11) is -3.66. The van der Waals surface area contributed by atoms with E-state index in [1.807, 2.05) is 0 Å². The van der Waals surface area contributed by atoms with Crippen molar-refractivity contribution in [2.24, 2.45) is 0 Å². The van der Waals surface area contributed by atoms with Gasteiger partial charge in [0.1, 0.15) is 0 Å². The molecule has 7 heteroatoms. The van der Waals surface area contributed by atoms with Gasteiger partial charge in [-0.25, -0.2) is 13.1 Å². The van der Waals surface area contributed by atoms with Gasteiger partial charge in [-0.2, -0.15) is 0 Å². The predicted molar refractivity (Wildman–Crippen MR) is 90.6 cm³/mol. The summed E-state index contributed by atoms with van der Waals surface area (Å²) in [6.45, 7) is 7.78. The molecule has 1 N–H and O–H groups in total. The van der Waals surface area contributed by atoms with Crippen LogP contribution in [-0.4, -0.2) is 26.4 Å². The van der Waals surface area contributed by atoms with Crippen molar-refractivity contribution in [3.63, 3.8) is 0 Å². The number of rotatable bonds is 3. The molecule has 1 aliphatic heterocycles. The lowest BCUT2D eigenvalue weighted by molar-refractivity contribution is -0.118. The highest BCUT2D eigenvalue weighted by molar-refractivity contribution is 9.10. The quantitative estimate of drug-likeness (QED) is 0.865. The number of halogens is 1. The van der Waals surface area contributed by atoms with Crippen LogP contribution in [0.25, 0.3) is 0 Å². The minimum Gasteiger partial charge on any atom is -0.312 e. The number of sulfonamides is 1. The molecule has 0 spiro atoms. The number of amides is 1. The molecular weight excluding hydrogens is 368 g/mol. The van der Waals surface area contributed by atoms with Gasteiger partial charge in [0.05, 0.1) is 4.90 Å². The minimum atomic E-state index is -3.66. The maximum Gasteiger partial charge on any atom is 0.242 e. The first-order valence-corrected chi connectivity index (χ1v) is 9.49. The molecule has 0 radical (unpaired) electrons. The van der Waals surface area contributed by atoms with E-state index in [2.05, 4.69) is 20.7 Å². The van der Waals surface area contributed by atoms with Gasteiger partial charge in [0.2, 0.25) is 15.9 Å². The summed E-state index contributed by atoms with van der Waals surface area (Å²) in [4.78, 5) is 13.8. The van der Waals surface area contributed by atoms with E-state index in [9.17, 15) is 13.2 Å². The molecule has 1 aromatic carbocycles. The molecule has 0 aromatic heterocycles. The van der Waals surface area contributed by atoms with Crippen LogP contribution in [0.5, 0.6) is 0 Å². The van der Waals surface area contributed by atoms with Crippen molar-refractivity contribution in [2.45, 2.75) is 51.0 Å². The van der Waals surface area contributed by atoms with Gasteiger partial charge in [0.25, 0.3) is 0 Å². The first kappa shape index (κ1) is 17.4. The van der Waals surface area contributed by atoms with E-state index < -0.39 is 15.6 Å². The third kappa shape index (κ3) is 3.52. The number of hydrogen-bond acceptors (Lipinski definition) is 3. The Kier molecular flexibility index (Phi) is 4.71. The lowest BCUT2D eigenvalue weighted by Gasteiger charge is -2.22. The second-order valence-electron chi connectivity index (χ2n) is 6.42. The molecule has 122 valence electrons. The number of carbonyl (C=O) groups excluding carboxylic acids is 1. The van der Waals surface area contributed by atoms with Gasteiger partial charge in [-0.05, 0) is 60.8 Å². The van der Waals surface area contributed by atoms with Crippen molar-refractivity contribution in [2.75, 3.05) is 11.4 Å². The summed E-state index contributed by atoms with van der Waals surface area (Å²) in [5, 5.41) is 0. The Labute approximate surface area is 140 Å². The van der Waals surface area contributed by atoms with E-state index in [1.54, 1.807) is 44.7 Å². The fourth-order valence-electron chi connectivity index (χ4n) is 2.50. The standard InChI is InChI=1S/C15H21BrN2O3S/c1-5-14(19)18-7-6-10-8-11(16)13(9-12(10)18)22(20,21)17-15(2,3)4/h8-9,17H,5-7H2,1-4H3. The van der Waals surface area contributed by atoms with Gasteiger partial charge in [0, 0.05) is 28.7 Å². The van der Waals surface area contributed by atoms with Crippen LogP contribution >= 0.6 is 15.9 Å². The Hall–Kier alpha value is -0.920. The SMILES string of the molecule is CCC(=O)N1CCc2cc(Br)c(S(=O)(=O)NC(C)(C)C)cc21. The highest BCUT2D eigenvalue weighted by atomic mass is 79.9. The summed E-state index contributed by atoms with van der Waals surface area (Å²) in [5.41, 5.74) is 1.11. The largest absolute Gasteiger partial charge is 0.312 e. The van der Waals surface area contributed by atoms with E-state index >= 15 is 0 Å². The van der Waals surface area contributed by atoms with Crippen molar-refractivity contribution >= 4 is 37.5 Å². The summed E-state index contributed by atoms with van der Waals surface area (Å²) in [6, 6.07) is 3.39. The van der Waals surface area contributed by atoms with Crippen molar-refractivity contribution in [1.82, 2.24) is 4.72 Å². The Morgan fingerprint density at radius 2 is 2.00 bits per heavy atom. The van der Waals surface area contributed by atoms with Crippen LogP contribution in [0.15, 0.2) is 21.5 Å². The van der Waals surface area contributed by atoms with Gasteiger partial charge >= 0.3 is 0 Å². The van der Waals surface area contributed by atoms with E-state index in [-0.39, 0.29) is 10.8 Å². The molecule has 1 aromatic rings. The number of benzene rings is 1. The zero-order valence-electron chi connectivity index (χ0n) is 13.2. The summed E-state index contributed by atoms with van der Waals surface area (Å²) >= 11 is 3.34. The van der Waals surface area contributed by atoms with Crippen molar-refractivity contribution < 1.29 is 13.2 Å². The number of nitrogens with one attached hydrogen (secondary N) is 1. The van der Waals surface area contributed by atoms with Crippen LogP contribution in [0, 0.1) is 0 Å². The Balaban J connectivity index is 2.50. The maximum absolute atomic E-state index is 12.6. The molecule has 1 aliphatic rings. The van der Waals surface area contributed by atoms with Crippen LogP contribution in [0.4, 0.5) is 5.69 Å². The topological polar surface area (TPSA) is 66.5 Å². The molecule has 0 saturated carbocycles. The first-order chi connectivity index (χ1) is 10.0. The van der Waals surface area contributed by atoms with Crippen LogP contribution in [-0.2, 0) is 21.2 Å². The third-order valence-electron chi connectivity index (χ3n) is 3.36. The monoisotopic (exact) mass is 388 g/mol. The third-order valence-corrected chi connectivity index (χ3v) is 6.08. The second-order valence-corrected chi connectivity index (χ2v) is 8.92. The molecule has 5 nitrogen and oxygen atoms in total.